The lowest BCUT2D eigenvalue weighted by atomic mass is 10.1. The normalized spacial score (nSPS) is 11.8. The lowest BCUT2D eigenvalue weighted by Crippen LogP contribution is -2.36. The summed E-state index contributed by atoms with van der Waals surface area (Å²) in [6.45, 7) is 2.33. The van der Waals surface area contributed by atoms with E-state index < -0.39 is 6.10 Å². The monoisotopic (exact) mass is 365 g/mol. The molecule has 0 fully saturated rings. The summed E-state index contributed by atoms with van der Waals surface area (Å²) in [6.07, 6.45) is 2.36. The van der Waals surface area contributed by atoms with Crippen molar-refractivity contribution in [3.05, 3.63) is 64.1 Å². The summed E-state index contributed by atoms with van der Waals surface area (Å²) in [6, 6.07) is 15.3. The molecule has 0 unspecified atom stereocenters. The van der Waals surface area contributed by atoms with Crippen LogP contribution in [0.1, 0.15) is 25.3 Å². The van der Waals surface area contributed by atoms with Crippen LogP contribution in [-0.4, -0.2) is 18.6 Å². The lowest BCUT2D eigenvalue weighted by Gasteiger charge is -2.15. The number of amides is 1. The van der Waals surface area contributed by atoms with Crippen molar-refractivity contribution < 1.29 is 9.53 Å². The molecular formula is C19H21Cl2NO2. The van der Waals surface area contributed by atoms with E-state index in [9.17, 15) is 4.79 Å². The van der Waals surface area contributed by atoms with Crippen molar-refractivity contribution in [3.8, 4) is 5.75 Å². The van der Waals surface area contributed by atoms with Crippen molar-refractivity contribution in [2.75, 3.05) is 6.54 Å². The van der Waals surface area contributed by atoms with Crippen molar-refractivity contribution >= 4 is 29.1 Å². The van der Waals surface area contributed by atoms with E-state index in [1.54, 1.807) is 25.1 Å². The maximum absolute atomic E-state index is 12.1. The first-order valence-electron chi connectivity index (χ1n) is 7.99. The number of hydrogen-bond acceptors (Lipinski definition) is 2. The Labute approximate surface area is 152 Å². The summed E-state index contributed by atoms with van der Waals surface area (Å²) in [5.41, 5.74) is 1.32. The number of unbranched alkanes of at least 4 members (excludes halogenated alkanes) is 1. The second-order valence-electron chi connectivity index (χ2n) is 5.57. The third-order valence-corrected chi connectivity index (χ3v) is 4.13. The predicted molar refractivity (Wildman–Crippen MR) is 98.9 cm³/mol. The summed E-state index contributed by atoms with van der Waals surface area (Å²) in [5.74, 6) is 0.300. The second-order valence-corrected chi connectivity index (χ2v) is 6.41. The fourth-order valence-corrected chi connectivity index (χ4v) is 2.72. The molecule has 0 saturated carbocycles. The fraction of sp³-hybridized carbons (Fsp3) is 0.316. The minimum Gasteiger partial charge on any atom is -0.479 e. The number of carbonyl (C=O) groups is 1. The van der Waals surface area contributed by atoms with Crippen LogP contribution in [-0.2, 0) is 11.2 Å². The zero-order valence-corrected chi connectivity index (χ0v) is 15.1. The maximum atomic E-state index is 12.1. The number of aryl methyl sites for hydroxylation is 1. The first kappa shape index (κ1) is 18.6. The summed E-state index contributed by atoms with van der Waals surface area (Å²) in [5, 5.41) is 3.81. The van der Waals surface area contributed by atoms with Gasteiger partial charge < -0.3 is 10.1 Å². The SMILES string of the molecule is C[C@@H](Oc1ccc(Cl)cc1Cl)C(=O)NCCCCc1ccccc1. The van der Waals surface area contributed by atoms with Crippen LogP contribution < -0.4 is 10.1 Å². The molecule has 0 saturated heterocycles. The van der Waals surface area contributed by atoms with Gasteiger partial charge in [-0.25, -0.2) is 0 Å². The summed E-state index contributed by atoms with van der Waals surface area (Å²) in [7, 11) is 0. The summed E-state index contributed by atoms with van der Waals surface area (Å²) in [4.78, 5) is 12.1. The van der Waals surface area contributed by atoms with Crippen LogP contribution in [0.15, 0.2) is 48.5 Å². The van der Waals surface area contributed by atoms with Gasteiger partial charge in [0, 0.05) is 11.6 Å². The third kappa shape index (κ3) is 6.06. The molecule has 0 heterocycles. The van der Waals surface area contributed by atoms with Gasteiger partial charge in [-0.2, -0.15) is 0 Å². The number of nitrogens with one attached hydrogen (secondary N) is 1. The van der Waals surface area contributed by atoms with Gasteiger partial charge in [-0.05, 0) is 49.9 Å². The van der Waals surface area contributed by atoms with E-state index in [2.05, 4.69) is 17.4 Å². The molecule has 128 valence electrons. The number of halogens is 2. The Morgan fingerprint density at radius 3 is 2.58 bits per heavy atom. The van der Waals surface area contributed by atoms with E-state index in [0.717, 1.165) is 19.3 Å². The average Bonchev–Trinajstić information content (AvgIpc) is 2.57. The second kappa shape index (κ2) is 9.55. The van der Waals surface area contributed by atoms with Crippen LogP contribution in [0.2, 0.25) is 10.0 Å². The Hall–Kier alpha value is -1.71. The molecule has 5 heteroatoms. The molecule has 2 aromatic carbocycles. The molecule has 1 atom stereocenters. The van der Waals surface area contributed by atoms with Crippen LogP contribution in [0.4, 0.5) is 0 Å². The van der Waals surface area contributed by atoms with Gasteiger partial charge in [0.1, 0.15) is 5.75 Å². The van der Waals surface area contributed by atoms with Gasteiger partial charge in [0.25, 0.3) is 5.91 Å². The van der Waals surface area contributed by atoms with Gasteiger partial charge >= 0.3 is 0 Å². The number of carbonyl (C=O) groups excluding carboxylic acids is 1. The topological polar surface area (TPSA) is 38.3 Å². The first-order chi connectivity index (χ1) is 11.6. The standard InChI is InChI=1S/C19H21Cl2NO2/c1-14(24-18-11-10-16(20)13-17(18)21)19(23)22-12-6-5-9-15-7-3-2-4-8-15/h2-4,7-8,10-11,13-14H,5-6,9,12H2,1H3,(H,22,23)/t14-/m1/s1. The largest absolute Gasteiger partial charge is 0.479 e. The highest BCUT2D eigenvalue weighted by atomic mass is 35.5. The van der Waals surface area contributed by atoms with Crippen molar-refractivity contribution in [1.82, 2.24) is 5.32 Å². The molecule has 1 amide bonds. The highest BCUT2D eigenvalue weighted by Crippen LogP contribution is 2.28. The molecule has 0 aliphatic heterocycles. The zero-order chi connectivity index (χ0) is 17.4. The van der Waals surface area contributed by atoms with Crippen molar-refractivity contribution in [2.24, 2.45) is 0 Å². The van der Waals surface area contributed by atoms with E-state index in [-0.39, 0.29) is 5.91 Å². The number of rotatable bonds is 8. The highest BCUT2D eigenvalue weighted by Gasteiger charge is 2.15. The molecule has 0 aromatic heterocycles. The highest BCUT2D eigenvalue weighted by molar-refractivity contribution is 6.35. The van der Waals surface area contributed by atoms with E-state index in [1.165, 1.54) is 5.56 Å². The molecule has 1 N–H and O–H groups in total. The van der Waals surface area contributed by atoms with Gasteiger partial charge in [0.05, 0.1) is 5.02 Å². The van der Waals surface area contributed by atoms with E-state index >= 15 is 0 Å². The van der Waals surface area contributed by atoms with E-state index in [1.807, 2.05) is 18.2 Å². The smallest absolute Gasteiger partial charge is 0.260 e. The van der Waals surface area contributed by atoms with Crippen molar-refractivity contribution in [2.45, 2.75) is 32.3 Å². The summed E-state index contributed by atoms with van der Waals surface area (Å²) >= 11 is 11.9. The van der Waals surface area contributed by atoms with Gasteiger partial charge in [0.15, 0.2) is 6.10 Å². The van der Waals surface area contributed by atoms with Crippen LogP contribution >= 0.6 is 23.2 Å². The van der Waals surface area contributed by atoms with Gasteiger partial charge in [-0.1, -0.05) is 53.5 Å². The van der Waals surface area contributed by atoms with E-state index in [0.29, 0.717) is 22.3 Å². The molecule has 2 rings (SSSR count). The van der Waals surface area contributed by atoms with Gasteiger partial charge in [0.2, 0.25) is 0 Å². The van der Waals surface area contributed by atoms with Crippen molar-refractivity contribution in [3.63, 3.8) is 0 Å². The number of hydrogen-bond donors (Lipinski definition) is 1. The quantitative estimate of drug-likeness (QED) is 0.675. The molecule has 0 aliphatic carbocycles. The van der Waals surface area contributed by atoms with E-state index in [4.69, 9.17) is 27.9 Å². The molecule has 0 bridgehead atoms. The predicted octanol–water partition coefficient (Wildman–Crippen LogP) is 4.90. The molecule has 0 aliphatic rings. The van der Waals surface area contributed by atoms with Gasteiger partial charge in [-0.15, -0.1) is 0 Å². The average molecular weight is 366 g/mol. The van der Waals surface area contributed by atoms with Crippen LogP contribution in [0, 0.1) is 0 Å². The van der Waals surface area contributed by atoms with Gasteiger partial charge in [-0.3, -0.25) is 4.79 Å². The van der Waals surface area contributed by atoms with Crippen LogP contribution in [0.5, 0.6) is 5.75 Å². The molecular weight excluding hydrogens is 345 g/mol. The first-order valence-corrected chi connectivity index (χ1v) is 8.75. The molecule has 0 radical (unpaired) electrons. The Balaban J connectivity index is 1.68. The molecule has 2 aromatic rings. The minimum atomic E-state index is -0.613. The molecule has 24 heavy (non-hydrogen) atoms. The lowest BCUT2D eigenvalue weighted by molar-refractivity contribution is -0.127. The Morgan fingerprint density at radius 1 is 1.12 bits per heavy atom. The summed E-state index contributed by atoms with van der Waals surface area (Å²) < 4.78 is 5.59. The third-order valence-electron chi connectivity index (χ3n) is 3.60. The molecule has 3 nitrogen and oxygen atoms in total. The Kier molecular flexibility index (Phi) is 7.41. The molecule has 0 spiro atoms. The van der Waals surface area contributed by atoms with Crippen LogP contribution in [0.3, 0.4) is 0 Å². The Bertz CT molecular complexity index is 662. The zero-order valence-electron chi connectivity index (χ0n) is 13.6. The van der Waals surface area contributed by atoms with Crippen molar-refractivity contribution in [1.29, 1.82) is 0 Å². The fourth-order valence-electron chi connectivity index (χ4n) is 2.27. The minimum absolute atomic E-state index is 0.152. The number of benzene rings is 2. The Morgan fingerprint density at radius 2 is 1.88 bits per heavy atom. The van der Waals surface area contributed by atoms with Crippen LogP contribution in [0.25, 0.3) is 0 Å². The number of ether oxygens (including phenoxy) is 1. The maximum Gasteiger partial charge on any atom is 0.260 e.